The molecular weight excluding hydrogens is 355 g/mol. The number of amides is 1. The quantitative estimate of drug-likeness (QED) is 0.641. The molecule has 0 spiro atoms. The number of hydrogen-bond acceptors (Lipinski definition) is 3. The number of nitrogens with zero attached hydrogens (tertiary/aromatic N) is 2. The van der Waals surface area contributed by atoms with Crippen LogP contribution in [0.1, 0.15) is 42.1 Å². The monoisotopic (exact) mass is 375 g/mol. The Morgan fingerprint density at radius 1 is 1.00 bits per heavy atom. The van der Waals surface area contributed by atoms with Crippen LogP contribution in [-0.2, 0) is 0 Å². The van der Waals surface area contributed by atoms with E-state index in [4.69, 9.17) is 0 Å². The number of rotatable bonds is 4. The smallest absolute Gasteiger partial charge is 0.274 e. The van der Waals surface area contributed by atoms with E-state index in [9.17, 15) is 18.0 Å². The highest BCUT2D eigenvalue weighted by atomic mass is 19.1. The topological polar surface area (TPSA) is 44.7 Å². The van der Waals surface area contributed by atoms with Gasteiger partial charge in [0.05, 0.1) is 17.0 Å². The minimum absolute atomic E-state index is 0.320. The van der Waals surface area contributed by atoms with Crippen LogP contribution in [0.2, 0.25) is 0 Å². The fourth-order valence-corrected chi connectivity index (χ4v) is 3.06. The molecule has 7 heteroatoms. The summed E-state index contributed by atoms with van der Waals surface area (Å²) >= 11 is 0. The number of piperidine rings is 1. The molecule has 142 valence electrons. The van der Waals surface area contributed by atoms with Gasteiger partial charge < -0.3 is 4.90 Å². The zero-order chi connectivity index (χ0) is 19.4. The average molecular weight is 375 g/mol. The standard InChI is InChI=1S/C20H20F3N3O/c1-13(24-25-20(27)16-7-6-15(21)12-17(16)22)14-5-8-19(18(23)11-14)26-9-3-2-4-10-26/h5-8,11-12H,2-4,9-10H2,1H3,(H,25,27). The molecule has 0 aromatic heterocycles. The van der Waals surface area contributed by atoms with Gasteiger partial charge in [0, 0.05) is 24.7 Å². The van der Waals surface area contributed by atoms with E-state index >= 15 is 0 Å². The maximum atomic E-state index is 14.5. The predicted molar refractivity (Wildman–Crippen MR) is 98.5 cm³/mol. The molecule has 1 N–H and O–H groups in total. The molecule has 2 aromatic carbocycles. The summed E-state index contributed by atoms with van der Waals surface area (Å²) in [5.74, 6) is -2.90. The van der Waals surface area contributed by atoms with Crippen molar-refractivity contribution in [2.45, 2.75) is 26.2 Å². The second-order valence-corrected chi connectivity index (χ2v) is 6.48. The van der Waals surface area contributed by atoms with E-state index in [1.165, 1.54) is 6.07 Å². The Morgan fingerprint density at radius 2 is 1.74 bits per heavy atom. The van der Waals surface area contributed by atoms with Crippen molar-refractivity contribution < 1.29 is 18.0 Å². The van der Waals surface area contributed by atoms with E-state index in [1.807, 2.05) is 4.90 Å². The Labute approximate surface area is 155 Å². The van der Waals surface area contributed by atoms with Gasteiger partial charge in [-0.25, -0.2) is 18.6 Å². The zero-order valence-electron chi connectivity index (χ0n) is 14.9. The first-order valence-electron chi connectivity index (χ1n) is 8.80. The number of carbonyl (C=O) groups is 1. The summed E-state index contributed by atoms with van der Waals surface area (Å²) in [5.41, 5.74) is 3.33. The Kier molecular flexibility index (Phi) is 5.78. The van der Waals surface area contributed by atoms with Gasteiger partial charge in [0.15, 0.2) is 0 Å². The lowest BCUT2D eigenvalue weighted by atomic mass is 10.1. The Morgan fingerprint density at radius 3 is 2.41 bits per heavy atom. The lowest BCUT2D eigenvalue weighted by Gasteiger charge is -2.29. The van der Waals surface area contributed by atoms with E-state index in [0.717, 1.165) is 44.5 Å². The zero-order valence-corrected chi connectivity index (χ0v) is 14.9. The Bertz CT molecular complexity index is 877. The summed E-state index contributed by atoms with van der Waals surface area (Å²) in [5, 5.41) is 3.89. The summed E-state index contributed by atoms with van der Waals surface area (Å²) < 4.78 is 41.0. The van der Waals surface area contributed by atoms with Gasteiger partial charge in [-0.05, 0) is 50.5 Å². The maximum Gasteiger partial charge on any atom is 0.274 e. The minimum atomic E-state index is -0.975. The first kappa shape index (κ1) is 18.9. The fraction of sp³-hybridized carbons (Fsp3) is 0.300. The Balaban J connectivity index is 1.72. The van der Waals surface area contributed by atoms with Crippen LogP contribution in [0.25, 0.3) is 0 Å². The van der Waals surface area contributed by atoms with Crippen LogP contribution in [0.15, 0.2) is 41.5 Å². The molecule has 3 rings (SSSR count). The normalized spacial score (nSPS) is 15.0. The fourth-order valence-electron chi connectivity index (χ4n) is 3.06. The first-order chi connectivity index (χ1) is 13.0. The molecule has 2 aromatic rings. The van der Waals surface area contributed by atoms with Gasteiger partial charge in [0.25, 0.3) is 5.91 Å². The largest absolute Gasteiger partial charge is 0.369 e. The molecule has 1 fully saturated rings. The third kappa shape index (κ3) is 4.48. The maximum absolute atomic E-state index is 14.5. The SMILES string of the molecule is CC(=NNC(=O)c1ccc(F)cc1F)c1ccc(N2CCCCC2)c(F)c1. The third-order valence-corrected chi connectivity index (χ3v) is 4.56. The molecule has 1 amide bonds. The second-order valence-electron chi connectivity index (χ2n) is 6.48. The summed E-state index contributed by atoms with van der Waals surface area (Å²) in [6.45, 7) is 3.28. The molecule has 0 radical (unpaired) electrons. The molecule has 1 aliphatic rings. The van der Waals surface area contributed by atoms with Gasteiger partial charge >= 0.3 is 0 Å². The molecule has 0 aliphatic carbocycles. The summed E-state index contributed by atoms with van der Waals surface area (Å²) in [7, 11) is 0. The van der Waals surface area contributed by atoms with Crippen molar-refractivity contribution in [3.05, 3.63) is 65.0 Å². The van der Waals surface area contributed by atoms with Crippen LogP contribution in [0.5, 0.6) is 0 Å². The molecule has 0 bridgehead atoms. The minimum Gasteiger partial charge on any atom is -0.369 e. The van der Waals surface area contributed by atoms with Crippen LogP contribution >= 0.6 is 0 Å². The molecule has 0 unspecified atom stereocenters. The highest BCUT2D eigenvalue weighted by molar-refractivity contribution is 6.01. The van der Waals surface area contributed by atoms with E-state index < -0.39 is 17.5 Å². The number of hydrogen-bond donors (Lipinski definition) is 1. The summed E-state index contributed by atoms with van der Waals surface area (Å²) in [6, 6.07) is 7.46. The lowest BCUT2D eigenvalue weighted by molar-refractivity contribution is 0.0950. The van der Waals surface area contributed by atoms with Gasteiger partial charge in [-0.3, -0.25) is 4.79 Å². The van der Waals surface area contributed by atoms with Crippen LogP contribution in [0, 0.1) is 17.5 Å². The van der Waals surface area contributed by atoms with Crippen LogP contribution in [0.3, 0.4) is 0 Å². The van der Waals surface area contributed by atoms with E-state index in [-0.39, 0.29) is 11.4 Å². The number of carbonyl (C=O) groups excluding carboxylic acids is 1. The van der Waals surface area contributed by atoms with Crippen LogP contribution in [0.4, 0.5) is 18.9 Å². The van der Waals surface area contributed by atoms with Crippen molar-refractivity contribution in [1.82, 2.24) is 5.43 Å². The summed E-state index contributed by atoms with van der Waals surface area (Å²) in [4.78, 5) is 14.0. The lowest BCUT2D eigenvalue weighted by Crippen LogP contribution is -2.30. The number of benzene rings is 2. The summed E-state index contributed by atoms with van der Waals surface area (Å²) in [6.07, 6.45) is 3.26. The molecule has 1 saturated heterocycles. The number of anilines is 1. The molecule has 1 aliphatic heterocycles. The molecule has 0 saturated carbocycles. The molecule has 27 heavy (non-hydrogen) atoms. The van der Waals surface area contributed by atoms with E-state index in [1.54, 1.807) is 19.1 Å². The van der Waals surface area contributed by atoms with E-state index in [2.05, 4.69) is 10.5 Å². The number of nitrogens with one attached hydrogen (secondary N) is 1. The predicted octanol–water partition coefficient (Wildman–Crippen LogP) is 4.25. The second kappa shape index (κ2) is 8.24. The van der Waals surface area contributed by atoms with Gasteiger partial charge in [-0.15, -0.1) is 0 Å². The van der Waals surface area contributed by atoms with Crippen molar-refractivity contribution >= 4 is 17.3 Å². The third-order valence-electron chi connectivity index (χ3n) is 4.56. The van der Waals surface area contributed by atoms with Gasteiger partial charge in [0.1, 0.15) is 17.5 Å². The van der Waals surface area contributed by atoms with Crippen molar-refractivity contribution in [2.75, 3.05) is 18.0 Å². The molecule has 4 nitrogen and oxygen atoms in total. The van der Waals surface area contributed by atoms with Crippen molar-refractivity contribution in [1.29, 1.82) is 0 Å². The number of hydrazone groups is 1. The Hall–Kier alpha value is -2.83. The molecule has 0 atom stereocenters. The van der Waals surface area contributed by atoms with Gasteiger partial charge in [0.2, 0.25) is 0 Å². The van der Waals surface area contributed by atoms with Crippen LogP contribution < -0.4 is 10.3 Å². The number of halogens is 3. The molecular formula is C20H20F3N3O. The van der Waals surface area contributed by atoms with Gasteiger partial charge in [-0.2, -0.15) is 5.10 Å². The van der Waals surface area contributed by atoms with Crippen molar-refractivity contribution in [2.24, 2.45) is 5.10 Å². The highest BCUT2D eigenvalue weighted by Crippen LogP contribution is 2.24. The van der Waals surface area contributed by atoms with Gasteiger partial charge in [-0.1, -0.05) is 6.07 Å². The average Bonchev–Trinajstić information content (AvgIpc) is 2.66. The van der Waals surface area contributed by atoms with Crippen molar-refractivity contribution in [3.63, 3.8) is 0 Å². The highest BCUT2D eigenvalue weighted by Gasteiger charge is 2.16. The van der Waals surface area contributed by atoms with E-state index in [0.29, 0.717) is 23.0 Å². The first-order valence-corrected chi connectivity index (χ1v) is 8.80. The van der Waals surface area contributed by atoms with Crippen molar-refractivity contribution in [3.8, 4) is 0 Å². The van der Waals surface area contributed by atoms with Crippen LogP contribution in [-0.4, -0.2) is 24.7 Å². The molecule has 1 heterocycles.